The molecule has 0 aliphatic heterocycles. The minimum Gasteiger partial charge on any atom is -0.481 e. The lowest BCUT2D eigenvalue weighted by Crippen LogP contribution is -2.50. The number of nitrogens with zero attached hydrogens (tertiary/aromatic N) is 2. The lowest BCUT2D eigenvalue weighted by molar-refractivity contribution is -0.139. The van der Waals surface area contributed by atoms with Crippen LogP contribution in [-0.2, 0) is 16.0 Å². The van der Waals surface area contributed by atoms with Crippen LogP contribution in [0.1, 0.15) is 25.8 Å². The highest BCUT2D eigenvalue weighted by atomic mass is 16.5. The fraction of sp³-hybridized carbons (Fsp3) is 0.400. The van der Waals surface area contributed by atoms with Crippen LogP contribution in [0.5, 0.6) is 0 Å². The number of hydrogen-bond acceptors (Lipinski definition) is 5. The van der Waals surface area contributed by atoms with Gasteiger partial charge in [-0.1, -0.05) is 43.3 Å². The second-order valence-electron chi connectivity index (χ2n) is 7.11. The molecular weight excluding hydrogens is 378 g/mol. The van der Waals surface area contributed by atoms with Crippen molar-refractivity contribution in [1.29, 1.82) is 0 Å². The summed E-state index contributed by atoms with van der Waals surface area (Å²) in [4.78, 5) is 36.4. The molecule has 0 aliphatic carbocycles. The van der Waals surface area contributed by atoms with Gasteiger partial charge in [-0.25, -0.2) is 9.59 Å². The first kappa shape index (κ1) is 21.9. The van der Waals surface area contributed by atoms with Crippen molar-refractivity contribution in [3.8, 4) is 11.3 Å². The van der Waals surface area contributed by atoms with Gasteiger partial charge < -0.3 is 25.0 Å². The second-order valence-corrected chi connectivity index (χ2v) is 7.11. The van der Waals surface area contributed by atoms with Crippen LogP contribution in [0.3, 0.4) is 0 Å². The van der Waals surface area contributed by atoms with Crippen LogP contribution in [0.4, 0.5) is 4.79 Å². The molecule has 2 amide bonds. The molecule has 2 rings (SSSR count). The first-order valence-corrected chi connectivity index (χ1v) is 9.26. The number of benzene rings is 1. The molecule has 0 fully saturated rings. The van der Waals surface area contributed by atoms with E-state index < -0.39 is 24.0 Å². The zero-order valence-electron chi connectivity index (χ0n) is 16.4. The van der Waals surface area contributed by atoms with Crippen molar-refractivity contribution in [3.63, 3.8) is 0 Å². The van der Waals surface area contributed by atoms with E-state index in [0.29, 0.717) is 12.2 Å². The Hall–Kier alpha value is -3.36. The van der Waals surface area contributed by atoms with Crippen molar-refractivity contribution in [2.45, 2.75) is 32.7 Å². The molecule has 0 unspecified atom stereocenters. The van der Waals surface area contributed by atoms with Crippen LogP contribution in [0.2, 0.25) is 0 Å². The zero-order valence-corrected chi connectivity index (χ0v) is 16.4. The SMILES string of the molecule is CC(C)CN(CCC(=O)O)C(=O)N[C@@H](Cc1ccc(-c2ccon2)cc1)C(=O)O. The Labute approximate surface area is 168 Å². The topological polar surface area (TPSA) is 133 Å². The van der Waals surface area contributed by atoms with Crippen LogP contribution in [-0.4, -0.2) is 57.4 Å². The summed E-state index contributed by atoms with van der Waals surface area (Å²) in [6.45, 7) is 4.13. The molecule has 156 valence electrons. The fourth-order valence-corrected chi connectivity index (χ4v) is 2.80. The normalized spacial score (nSPS) is 11.8. The number of nitrogens with one attached hydrogen (secondary N) is 1. The van der Waals surface area contributed by atoms with Gasteiger partial charge in [-0.2, -0.15) is 0 Å². The van der Waals surface area contributed by atoms with Crippen LogP contribution >= 0.6 is 0 Å². The number of aliphatic carboxylic acids is 2. The summed E-state index contributed by atoms with van der Waals surface area (Å²) >= 11 is 0. The van der Waals surface area contributed by atoms with Gasteiger partial charge in [-0.3, -0.25) is 4.79 Å². The Morgan fingerprint density at radius 3 is 2.34 bits per heavy atom. The Morgan fingerprint density at radius 1 is 1.14 bits per heavy atom. The average Bonchev–Trinajstić information content (AvgIpc) is 3.19. The summed E-state index contributed by atoms with van der Waals surface area (Å²) in [5.41, 5.74) is 2.23. The van der Waals surface area contributed by atoms with Gasteiger partial charge in [0.25, 0.3) is 0 Å². The van der Waals surface area contributed by atoms with E-state index in [0.717, 1.165) is 11.1 Å². The first-order chi connectivity index (χ1) is 13.8. The maximum atomic E-state index is 12.5. The molecule has 0 radical (unpaired) electrons. The lowest BCUT2D eigenvalue weighted by Gasteiger charge is -2.26. The molecule has 3 N–H and O–H groups in total. The van der Waals surface area contributed by atoms with E-state index in [2.05, 4.69) is 10.5 Å². The monoisotopic (exact) mass is 403 g/mol. The van der Waals surface area contributed by atoms with E-state index in [-0.39, 0.29) is 25.3 Å². The van der Waals surface area contributed by atoms with E-state index >= 15 is 0 Å². The van der Waals surface area contributed by atoms with Crippen molar-refractivity contribution in [3.05, 3.63) is 42.2 Å². The summed E-state index contributed by atoms with van der Waals surface area (Å²) in [6.07, 6.45) is 1.35. The largest absolute Gasteiger partial charge is 0.481 e. The minimum atomic E-state index is -1.17. The molecule has 0 bridgehead atoms. The Bertz CT molecular complexity index is 817. The number of aromatic nitrogens is 1. The number of hydrogen-bond donors (Lipinski definition) is 3. The highest BCUT2D eigenvalue weighted by Gasteiger charge is 2.24. The summed E-state index contributed by atoms with van der Waals surface area (Å²) in [5, 5.41) is 24.7. The van der Waals surface area contributed by atoms with E-state index in [4.69, 9.17) is 9.63 Å². The number of carbonyl (C=O) groups excluding carboxylic acids is 1. The first-order valence-electron chi connectivity index (χ1n) is 9.26. The molecule has 0 aliphatic rings. The van der Waals surface area contributed by atoms with Crippen molar-refractivity contribution in [2.75, 3.05) is 13.1 Å². The van der Waals surface area contributed by atoms with Crippen molar-refractivity contribution in [2.24, 2.45) is 5.92 Å². The average molecular weight is 403 g/mol. The van der Waals surface area contributed by atoms with E-state index in [1.54, 1.807) is 30.3 Å². The molecular formula is C20H25N3O6. The third-order valence-corrected chi connectivity index (χ3v) is 4.19. The van der Waals surface area contributed by atoms with Gasteiger partial charge in [0.1, 0.15) is 18.0 Å². The molecule has 9 nitrogen and oxygen atoms in total. The van der Waals surface area contributed by atoms with E-state index in [1.807, 2.05) is 13.8 Å². The fourth-order valence-electron chi connectivity index (χ4n) is 2.80. The smallest absolute Gasteiger partial charge is 0.326 e. The standard InChI is InChI=1S/C20H25N3O6/c1-13(2)12-23(9-7-18(24)25)20(28)21-17(19(26)27)11-14-3-5-15(6-4-14)16-8-10-29-22-16/h3-6,8,10,13,17H,7,9,11-12H2,1-2H3,(H,21,28)(H,24,25)(H,26,27)/t17-/m0/s1. The maximum absolute atomic E-state index is 12.5. The summed E-state index contributed by atoms with van der Waals surface area (Å²) in [7, 11) is 0. The quantitative estimate of drug-likeness (QED) is 0.555. The van der Waals surface area contributed by atoms with Crippen LogP contribution in [0, 0.1) is 5.92 Å². The molecule has 9 heteroatoms. The van der Waals surface area contributed by atoms with Gasteiger partial charge in [0.2, 0.25) is 0 Å². The number of amides is 2. The second kappa shape index (κ2) is 10.3. The van der Waals surface area contributed by atoms with Gasteiger partial charge in [0, 0.05) is 31.1 Å². The van der Waals surface area contributed by atoms with Crippen molar-refractivity contribution < 1.29 is 29.1 Å². The predicted molar refractivity (Wildman–Crippen MR) is 104 cm³/mol. The van der Waals surface area contributed by atoms with Gasteiger partial charge in [-0.15, -0.1) is 0 Å². The molecule has 1 atom stereocenters. The number of carboxylic acids is 2. The van der Waals surface area contributed by atoms with Crippen molar-refractivity contribution >= 4 is 18.0 Å². The number of carbonyl (C=O) groups is 3. The third kappa shape index (κ3) is 6.95. The number of carboxylic acid groups (broad SMARTS) is 2. The highest BCUT2D eigenvalue weighted by Crippen LogP contribution is 2.18. The van der Waals surface area contributed by atoms with Gasteiger partial charge in [0.15, 0.2) is 0 Å². The molecule has 0 saturated heterocycles. The Balaban J connectivity index is 2.04. The molecule has 1 aromatic heterocycles. The zero-order chi connectivity index (χ0) is 21.4. The Kier molecular flexibility index (Phi) is 7.76. The molecule has 1 aromatic carbocycles. The Morgan fingerprint density at radius 2 is 1.83 bits per heavy atom. The maximum Gasteiger partial charge on any atom is 0.326 e. The van der Waals surface area contributed by atoms with E-state index in [1.165, 1.54) is 11.2 Å². The molecule has 0 saturated carbocycles. The van der Waals surface area contributed by atoms with Crippen LogP contribution in [0.25, 0.3) is 11.3 Å². The summed E-state index contributed by atoms with van der Waals surface area (Å²) in [5.74, 6) is -2.07. The van der Waals surface area contributed by atoms with Gasteiger partial charge in [0.05, 0.1) is 6.42 Å². The van der Waals surface area contributed by atoms with Crippen LogP contribution < -0.4 is 5.32 Å². The third-order valence-electron chi connectivity index (χ3n) is 4.19. The lowest BCUT2D eigenvalue weighted by atomic mass is 10.0. The van der Waals surface area contributed by atoms with E-state index in [9.17, 15) is 19.5 Å². The van der Waals surface area contributed by atoms with Gasteiger partial charge >= 0.3 is 18.0 Å². The van der Waals surface area contributed by atoms with Gasteiger partial charge in [-0.05, 0) is 11.5 Å². The number of urea groups is 1. The predicted octanol–water partition coefficient (Wildman–Crippen LogP) is 2.48. The molecule has 2 aromatic rings. The van der Waals surface area contributed by atoms with Crippen molar-refractivity contribution in [1.82, 2.24) is 15.4 Å². The summed E-state index contributed by atoms with van der Waals surface area (Å²) in [6, 6.07) is 7.12. The highest BCUT2D eigenvalue weighted by molar-refractivity contribution is 5.83. The molecule has 0 spiro atoms. The number of rotatable bonds is 10. The molecule has 1 heterocycles. The molecule has 29 heavy (non-hydrogen) atoms. The summed E-state index contributed by atoms with van der Waals surface area (Å²) < 4.78 is 4.81. The minimum absolute atomic E-state index is 0.0120. The van der Waals surface area contributed by atoms with Crippen LogP contribution in [0.15, 0.2) is 41.1 Å².